The number of hydrogen-bond donors (Lipinski definition) is 1. The first-order valence-corrected chi connectivity index (χ1v) is 15.6. The highest BCUT2D eigenvalue weighted by atomic mass is 35.5. The molecule has 1 atom stereocenters. The van der Waals surface area contributed by atoms with Crippen molar-refractivity contribution in [2.24, 2.45) is 0 Å². The minimum atomic E-state index is -4.31. The third-order valence-corrected chi connectivity index (χ3v) is 8.92. The van der Waals surface area contributed by atoms with Gasteiger partial charge in [-0.25, -0.2) is 8.42 Å². The van der Waals surface area contributed by atoms with Crippen LogP contribution in [0.2, 0.25) is 10.0 Å². The first kappa shape index (κ1) is 34.0. The van der Waals surface area contributed by atoms with Crippen molar-refractivity contribution in [2.45, 2.75) is 57.6 Å². The predicted molar refractivity (Wildman–Crippen MR) is 170 cm³/mol. The number of methoxy groups -OCH3 is 2. The second-order valence-electron chi connectivity index (χ2n) is 11.0. The summed E-state index contributed by atoms with van der Waals surface area (Å²) < 4.78 is 39.9. The number of anilines is 1. The Bertz CT molecular complexity index is 1570. The van der Waals surface area contributed by atoms with Gasteiger partial charge in [-0.3, -0.25) is 13.9 Å². The summed E-state index contributed by atoms with van der Waals surface area (Å²) in [5.74, 6) is -0.461. The Morgan fingerprint density at radius 2 is 1.56 bits per heavy atom. The van der Waals surface area contributed by atoms with Gasteiger partial charge in [0.25, 0.3) is 10.0 Å². The number of aryl methyl sites for hydroxylation is 1. The first-order valence-electron chi connectivity index (χ1n) is 13.4. The van der Waals surface area contributed by atoms with E-state index in [0.29, 0.717) is 21.4 Å². The van der Waals surface area contributed by atoms with Crippen LogP contribution in [0.25, 0.3) is 0 Å². The fraction of sp³-hybridized carbons (Fsp3) is 0.355. The maximum Gasteiger partial charge on any atom is 0.264 e. The second-order valence-corrected chi connectivity index (χ2v) is 13.7. The molecule has 0 saturated carbocycles. The summed E-state index contributed by atoms with van der Waals surface area (Å²) in [7, 11) is -1.46. The summed E-state index contributed by atoms with van der Waals surface area (Å²) in [5.41, 5.74) is 1.15. The van der Waals surface area contributed by atoms with Crippen LogP contribution in [0.15, 0.2) is 65.6 Å². The molecule has 0 aliphatic rings. The number of sulfonamides is 1. The van der Waals surface area contributed by atoms with Crippen molar-refractivity contribution < 1.29 is 27.5 Å². The SMILES string of the molecule is COc1ccc(S(=O)(=O)N(CC(=O)N(Cc2ccc(Cl)cc2Cl)[C@H](C)C(=O)NC(C)(C)C)c2ccc(C)cc2)cc1OC. The van der Waals surface area contributed by atoms with Crippen molar-refractivity contribution in [3.05, 3.63) is 81.8 Å². The molecule has 43 heavy (non-hydrogen) atoms. The smallest absolute Gasteiger partial charge is 0.264 e. The summed E-state index contributed by atoms with van der Waals surface area (Å²) in [6.45, 7) is 8.28. The van der Waals surface area contributed by atoms with Gasteiger partial charge in [0.15, 0.2) is 11.5 Å². The van der Waals surface area contributed by atoms with E-state index in [0.717, 1.165) is 9.87 Å². The molecular formula is C31H37Cl2N3O6S. The lowest BCUT2D eigenvalue weighted by molar-refractivity contribution is -0.140. The van der Waals surface area contributed by atoms with Gasteiger partial charge in [0.1, 0.15) is 12.6 Å². The van der Waals surface area contributed by atoms with Gasteiger partial charge < -0.3 is 19.7 Å². The van der Waals surface area contributed by atoms with Gasteiger partial charge in [-0.1, -0.05) is 47.0 Å². The van der Waals surface area contributed by atoms with E-state index >= 15 is 0 Å². The lowest BCUT2D eigenvalue weighted by Crippen LogP contribution is -2.54. The van der Waals surface area contributed by atoms with Gasteiger partial charge in [-0.15, -0.1) is 0 Å². The molecule has 3 rings (SSSR count). The summed E-state index contributed by atoms with van der Waals surface area (Å²) in [6, 6.07) is 14.8. The van der Waals surface area contributed by atoms with Crippen LogP contribution in [0, 0.1) is 6.92 Å². The number of nitrogens with one attached hydrogen (secondary N) is 1. The lowest BCUT2D eigenvalue weighted by Gasteiger charge is -2.33. The number of amides is 2. The molecule has 0 fully saturated rings. The fourth-order valence-electron chi connectivity index (χ4n) is 4.23. The molecule has 0 heterocycles. The Labute approximate surface area is 263 Å². The molecule has 0 aliphatic heterocycles. The summed E-state index contributed by atoms with van der Waals surface area (Å²) >= 11 is 12.5. The normalized spacial score (nSPS) is 12.3. The molecule has 1 N–H and O–H groups in total. The molecule has 9 nitrogen and oxygen atoms in total. The van der Waals surface area contributed by atoms with Crippen molar-refractivity contribution in [3.8, 4) is 11.5 Å². The van der Waals surface area contributed by atoms with Crippen LogP contribution in [-0.4, -0.2) is 57.5 Å². The van der Waals surface area contributed by atoms with E-state index in [-0.39, 0.29) is 22.9 Å². The van der Waals surface area contributed by atoms with Crippen molar-refractivity contribution in [1.82, 2.24) is 10.2 Å². The van der Waals surface area contributed by atoms with E-state index in [9.17, 15) is 18.0 Å². The highest BCUT2D eigenvalue weighted by Gasteiger charge is 2.34. The van der Waals surface area contributed by atoms with Crippen LogP contribution in [0.5, 0.6) is 11.5 Å². The third kappa shape index (κ3) is 8.55. The lowest BCUT2D eigenvalue weighted by atomic mass is 10.1. The van der Waals surface area contributed by atoms with Crippen molar-refractivity contribution in [3.63, 3.8) is 0 Å². The Morgan fingerprint density at radius 1 is 0.930 bits per heavy atom. The van der Waals surface area contributed by atoms with Crippen molar-refractivity contribution in [2.75, 3.05) is 25.1 Å². The second kappa shape index (κ2) is 13.9. The number of hydrogen-bond acceptors (Lipinski definition) is 6. The van der Waals surface area contributed by atoms with Crippen LogP contribution >= 0.6 is 23.2 Å². The number of ether oxygens (including phenoxy) is 2. The quantitative estimate of drug-likeness (QED) is 0.280. The van der Waals surface area contributed by atoms with E-state index in [4.69, 9.17) is 32.7 Å². The molecule has 12 heteroatoms. The molecule has 0 unspecified atom stereocenters. The molecule has 0 bridgehead atoms. The minimum absolute atomic E-state index is 0.0638. The molecule has 3 aromatic rings. The Morgan fingerprint density at radius 3 is 2.12 bits per heavy atom. The standard InChI is InChI=1S/C31H37Cl2N3O6S/c1-20-8-12-24(13-9-20)36(43(39,40)25-14-15-27(41-6)28(17-25)42-7)19-29(37)35(21(2)30(38)34-31(3,4)5)18-22-10-11-23(32)16-26(22)33/h8-17,21H,18-19H2,1-7H3,(H,34,38)/t21-/m1/s1. The zero-order valence-corrected chi connectivity index (χ0v) is 27.6. The third-order valence-electron chi connectivity index (χ3n) is 6.57. The number of nitrogens with zero attached hydrogens (tertiary/aromatic N) is 2. The van der Waals surface area contributed by atoms with Crippen LogP contribution in [-0.2, 0) is 26.2 Å². The zero-order valence-electron chi connectivity index (χ0n) is 25.3. The van der Waals surface area contributed by atoms with Crippen LogP contribution in [0.4, 0.5) is 5.69 Å². The van der Waals surface area contributed by atoms with Gasteiger partial charge in [0, 0.05) is 28.2 Å². The highest BCUT2D eigenvalue weighted by Crippen LogP contribution is 2.33. The average Bonchev–Trinajstić information content (AvgIpc) is 2.94. The number of rotatable bonds is 11. The highest BCUT2D eigenvalue weighted by molar-refractivity contribution is 7.92. The van der Waals surface area contributed by atoms with Gasteiger partial charge in [-0.05, 0) is 76.6 Å². The fourth-order valence-corrected chi connectivity index (χ4v) is 6.13. The van der Waals surface area contributed by atoms with Crippen molar-refractivity contribution >= 4 is 50.7 Å². The maximum atomic E-state index is 14.1. The molecule has 2 amide bonds. The number of carbonyl (C=O) groups is 2. The van der Waals surface area contributed by atoms with Crippen LogP contribution in [0.1, 0.15) is 38.8 Å². The predicted octanol–water partition coefficient (Wildman–Crippen LogP) is 5.85. The van der Waals surface area contributed by atoms with E-state index in [2.05, 4.69) is 5.32 Å². The van der Waals surface area contributed by atoms with Crippen LogP contribution < -0.4 is 19.1 Å². The largest absolute Gasteiger partial charge is 0.493 e. The van der Waals surface area contributed by atoms with E-state index in [1.807, 2.05) is 27.7 Å². The maximum absolute atomic E-state index is 14.1. The first-order chi connectivity index (χ1) is 20.1. The van der Waals surface area contributed by atoms with Gasteiger partial charge >= 0.3 is 0 Å². The molecule has 0 radical (unpaired) electrons. The Kier molecular flexibility index (Phi) is 11.0. The molecular weight excluding hydrogens is 613 g/mol. The van der Waals surface area contributed by atoms with Gasteiger partial charge in [0.05, 0.1) is 24.8 Å². The molecule has 0 saturated heterocycles. The molecule has 0 spiro atoms. The van der Waals surface area contributed by atoms with E-state index in [1.54, 1.807) is 49.4 Å². The van der Waals surface area contributed by atoms with Crippen molar-refractivity contribution in [1.29, 1.82) is 0 Å². The molecule has 0 aliphatic carbocycles. The average molecular weight is 651 g/mol. The minimum Gasteiger partial charge on any atom is -0.493 e. The Balaban J connectivity index is 2.10. The monoisotopic (exact) mass is 649 g/mol. The Hall–Kier alpha value is -3.47. The van der Waals surface area contributed by atoms with E-state index < -0.39 is 40.0 Å². The molecule has 232 valence electrons. The molecule has 3 aromatic carbocycles. The molecule has 0 aromatic heterocycles. The van der Waals surface area contributed by atoms with Crippen LogP contribution in [0.3, 0.4) is 0 Å². The van der Waals surface area contributed by atoms with Gasteiger partial charge in [0.2, 0.25) is 11.8 Å². The van der Waals surface area contributed by atoms with Gasteiger partial charge in [-0.2, -0.15) is 0 Å². The number of halogens is 2. The number of benzene rings is 3. The summed E-state index contributed by atoms with van der Waals surface area (Å²) in [6.07, 6.45) is 0. The summed E-state index contributed by atoms with van der Waals surface area (Å²) in [5, 5.41) is 3.61. The topological polar surface area (TPSA) is 105 Å². The zero-order chi connectivity index (χ0) is 32.1. The van der Waals surface area contributed by atoms with E-state index in [1.165, 1.54) is 37.3 Å². The number of carbonyl (C=O) groups excluding carboxylic acids is 2. The summed E-state index contributed by atoms with van der Waals surface area (Å²) in [4.78, 5) is 28.6.